The highest BCUT2D eigenvalue weighted by molar-refractivity contribution is 9.10. The molecule has 0 aliphatic rings. The van der Waals surface area contributed by atoms with Crippen molar-refractivity contribution < 1.29 is 4.39 Å². The van der Waals surface area contributed by atoms with E-state index in [-0.39, 0.29) is 11.9 Å². The van der Waals surface area contributed by atoms with E-state index in [1.807, 2.05) is 13.0 Å². The Balaban J connectivity index is 2.21. The van der Waals surface area contributed by atoms with Crippen LogP contribution in [0.25, 0.3) is 0 Å². The highest BCUT2D eigenvalue weighted by Gasteiger charge is 2.12. The van der Waals surface area contributed by atoms with Gasteiger partial charge in [0.15, 0.2) is 0 Å². The molecular formula is C14H14BrFN2. The predicted octanol–water partition coefficient (Wildman–Crippen LogP) is 3.53. The molecule has 0 fully saturated rings. The Morgan fingerprint density at radius 1 is 1.33 bits per heavy atom. The van der Waals surface area contributed by atoms with Crippen molar-refractivity contribution in [2.75, 3.05) is 0 Å². The standard InChI is InChI=1S/C14H14BrFN2/c1-9-2-3-13(16)12(4-9)14(17)6-10-5-11(15)8-18-7-10/h2-5,7-8,14H,6,17H2,1H3. The van der Waals surface area contributed by atoms with Crippen LogP contribution < -0.4 is 5.73 Å². The SMILES string of the molecule is Cc1ccc(F)c(C(N)Cc2cncc(Br)c2)c1. The van der Waals surface area contributed by atoms with Gasteiger partial charge in [-0.25, -0.2) is 4.39 Å². The molecule has 1 aromatic heterocycles. The summed E-state index contributed by atoms with van der Waals surface area (Å²) in [6.45, 7) is 1.93. The lowest BCUT2D eigenvalue weighted by molar-refractivity contribution is 0.579. The molecule has 1 aromatic carbocycles. The number of aromatic nitrogens is 1. The molecule has 94 valence electrons. The Morgan fingerprint density at radius 3 is 2.83 bits per heavy atom. The van der Waals surface area contributed by atoms with Gasteiger partial charge >= 0.3 is 0 Å². The zero-order chi connectivity index (χ0) is 13.1. The van der Waals surface area contributed by atoms with Gasteiger partial charge in [0.2, 0.25) is 0 Å². The highest BCUT2D eigenvalue weighted by atomic mass is 79.9. The van der Waals surface area contributed by atoms with Gasteiger partial charge in [-0.3, -0.25) is 4.98 Å². The summed E-state index contributed by atoms with van der Waals surface area (Å²) in [6, 6.07) is 6.59. The van der Waals surface area contributed by atoms with E-state index in [2.05, 4.69) is 20.9 Å². The summed E-state index contributed by atoms with van der Waals surface area (Å²) in [4.78, 5) is 4.07. The van der Waals surface area contributed by atoms with Crippen molar-refractivity contribution in [3.05, 3.63) is 63.6 Å². The Bertz CT molecular complexity index is 557. The second-order valence-electron chi connectivity index (χ2n) is 4.35. The van der Waals surface area contributed by atoms with Gasteiger partial charge in [-0.15, -0.1) is 0 Å². The Hall–Kier alpha value is -1.26. The van der Waals surface area contributed by atoms with Gasteiger partial charge in [0.05, 0.1) is 0 Å². The Labute approximate surface area is 114 Å². The van der Waals surface area contributed by atoms with Crippen LogP contribution in [0.3, 0.4) is 0 Å². The molecule has 1 heterocycles. The van der Waals surface area contributed by atoms with Crippen LogP contribution in [-0.2, 0) is 6.42 Å². The predicted molar refractivity (Wildman–Crippen MR) is 73.7 cm³/mol. The van der Waals surface area contributed by atoms with Crippen LogP contribution >= 0.6 is 15.9 Å². The third kappa shape index (κ3) is 3.15. The van der Waals surface area contributed by atoms with Crippen molar-refractivity contribution in [3.8, 4) is 0 Å². The maximum Gasteiger partial charge on any atom is 0.128 e. The quantitative estimate of drug-likeness (QED) is 0.942. The van der Waals surface area contributed by atoms with Gasteiger partial charge in [-0.1, -0.05) is 17.7 Å². The van der Waals surface area contributed by atoms with E-state index in [9.17, 15) is 4.39 Å². The molecule has 0 aliphatic carbocycles. The zero-order valence-electron chi connectivity index (χ0n) is 10.0. The van der Waals surface area contributed by atoms with E-state index < -0.39 is 0 Å². The lowest BCUT2D eigenvalue weighted by Crippen LogP contribution is -2.15. The molecule has 2 N–H and O–H groups in total. The number of hydrogen-bond donors (Lipinski definition) is 1. The van der Waals surface area contributed by atoms with Crippen molar-refractivity contribution in [2.45, 2.75) is 19.4 Å². The second-order valence-corrected chi connectivity index (χ2v) is 5.26. The topological polar surface area (TPSA) is 38.9 Å². The van der Waals surface area contributed by atoms with Crippen LogP contribution in [0.1, 0.15) is 22.7 Å². The van der Waals surface area contributed by atoms with Crippen molar-refractivity contribution >= 4 is 15.9 Å². The van der Waals surface area contributed by atoms with E-state index >= 15 is 0 Å². The van der Waals surface area contributed by atoms with E-state index in [1.165, 1.54) is 6.07 Å². The van der Waals surface area contributed by atoms with Crippen LogP contribution in [0.15, 0.2) is 41.1 Å². The van der Waals surface area contributed by atoms with Crippen molar-refractivity contribution in [2.24, 2.45) is 5.73 Å². The molecule has 0 bridgehead atoms. The number of aryl methyl sites for hydroxylation is 1. The van der Waals surface area contributed by atoms with Crippen LogP contribution in [0.5, 0.6) is 0 Å². The molecule has 0 amide bonds. The Kier molecular flexibility index (Phi) is 4.09. The van der Waals surface area contributed by atoms with Gasteiger partial charge in [0, 0.05) is 28.5 Å². The molecule has 2 rings (SSSR count). The monoisotopic (exact) mass is 308 g/mol. The number of pyridine rings is 1. The molecule has 2 nitrogen and oxygen atoms in total. The number of nitrogens with two attached hydrogens (primary N) is 1. The fraction of sp³-hybridized carbons (Fsp3) is 0.214. The number of nitrogens with zero attached hydrogens (tertiary/aromatic N) is 1. The third-order valence-corrected chi connectivity index (χ3v) is 3.20. The largest absolute Gasteiger partial charge is 0.324 e. The van der Waals surface area contributed by atoms with Crippen LogP contribution in [0.4, 0.5) is 4.39 Å². The maximum absolute atomic E-state index is 13.7. The molecule has 0 radical (unpaired) electrons. The minimum absolute atomic E-state index is 0.254. The normalized spacial score (nSPS) is 12.4. The van der Waals surface area contributed by atoms with E-state index in [4.69, 9.17) is 5.73 Å². The average Bonchev–Trinajstić information content (AvgIpc) is 2.32. The molecule has 2 aromatic rings. The number of hydrogen-bond acceptors (Lipinski definition) is 2. The first kappa shape index (κ1) is 13.2. The molecular weight excluding hydrogens is 295 g/mol. The Morgan fingerprint density at radius 2 is 2.11 bits per heavy atom. The molecule has 0 saturated heterocycles. The van der Waals surface area contributed by atoms with Gasteiger partial charge in [-0.05, 0) is 47.0 Å². The lowest BCUT2D eigenvalue weighted by atomic mass is 9.99. The van der Waals surface area contributed by atoms with Gasteiger partial charge in [-0.2, -0.15) is 0 Å². The summed E-state index contributed by atoms with van der Waals surface area (Å²) >= 11 is 3.36. The molecule has 0 saturated carbocycles. The zero-order valence-corrected chi connectivity index (χ0v) is 11.6. The summed E-state index contributed by atoms with van der Waals surface area (Å²) in [7, 11) is 0. The van der Waals surface area contributed by atoms with E-state index in [0.29, 0.717) is 12.0 Å². The summed E-state index contributed by atoms with van der Waals surface area (Å²) in [5, 5.41) is 0. The maximum atomic E-state index is 13.7. The first-order valence-corrected chi connectivity index (χ1v) is 6.46. The molecule has 0 aliphatic heterocycles. The fourth-order valence-electron chi connectivity index (χ4n) is 1.88. The van der Waals surface area contributed by atoms with Gasteiger partial charge in [0.25, 0.3) is 0 Å². The molecule has 0 spiro atoms. The fourth-order valence-corrected chi connectivity index (χ4v) is 2.29. The third-order valence-electron chi connectivity index (χ3n) is 2.77. The summed E-state index contributed by atoms with van der Waals surface area (Å²) < 4.78 is 14.6. The van der Waals surface area contributed by atoms with Crippen LogP contribution in [0, 0.1) is 12.7 Å². The number of rotatable bonds is 3. The average molecular weight is 309 g/mol. The van der Waals surface area contributed by atoms with Gasteiger partial charge < -0.3 is 5.73 Å². The molecule has 1 unspecified atom stereocenters. The van der Waals surface area contributed by atoms with Crippen LogP contribution in [0.2, 0.25) is 0 Å². The van der Waals surface area contributed by atoms with Crippen molar-refractivity contribution in [3.63, 3.8) is 0 Å². The first-order chi connectivity index (χ1) is 8.56. The second kappa shape index (κ2) is 5.59. The van der Waals surface area contributed by atoms with Gasteiger partial charge in [0.1, 0.15) is 5.82 Å². The van der Waals surface area contributed by atoms with E-state index in [1.54, 1.807) is 24.5 Å². The van der Waals surface area contributed by atoms with Crippen LogP contribution in [-0.4, -0.2) is 4.98 Å². The minimum atomic E-state index is -0.360. The number of halogens is 2. The molecule has 18 heavy (non-hydrogen) atoms. The lowest BCUT2D eigenvalue weighted by Gasteiger charge is -2.13. The summed E-state index contributed by atoms with van der Waals surface area (Å²) in [5.41, 5.74) is 8.61. The van der Waals surface area contributed by atoms with Crippen molar-refractivity contribution in [1.29, 1.82) is 0 Å². The first-order valence-electron chi connectivity index (χ1n) is 5.67. The highest BCUT2D eigenvalue weighted by Crippen LogP contribution is 2.21. The minimum Gasteiger partial charge on any atom is -0.324 e. The van der Waals surface area contributed by atoms with E-state index in [0.717, 1.165) is 15.6 Å². The molecule has 4 heteroatoms. The summed E-state index contributed by atoms with van der Waals surface area (Å²) in [6.07, 6.45) is 4.02. The smallest absolute Gasteiger partial charge is 0.128 e. The molecule has 1 atom stereocenters. The number of benzene rings is 1. The van der Waals surface area contributed by atoms with Crippen molar-refractivity contribution in [1.82, 2.24) is 4.98 Å². The summed E-state index contributed by atoms with van der Waals surface area (Å²) in [5.74, 6) is -0.254.